The van der Waals surface area contributed by atoms with E-state index in [4.69, 9.17) is 5.11 Å². The normalized spacial score (nSPS) is 10.5. The van der Waals surface area contributed by atoms with Crippen LogP contribution in [0.4, 0.5) is 0 Å². The summed E-state index contributed by atoms with van der Waals surface area (Å²) in [6, 6.07) is 9.48. The second-order valence-electron chi connectivity index (χ2n) is 3.76. The number of carboxylic acid groups (broad SMARTS) is 1. The van der Waals surface area contributed by atoms with Gasteiger partial charge in [0.25, 0.3) is 0 Å². The quantitative estimate of drug-likeness (QED) is 0.946. The maximum atomic E-state index is 10.9. The molecule has 4 nitrogen and oxygen atoms in total. The number of benzene rings is 1. The van der Waals surface area contributed by atoms with Gasteiger partial charge in [0, 0.05) is 17.9 Å². The van der Waals surface area contributed by atoms with E-state index in [1.54, 1.807) is 13.1 Å². The third kappa shape index (κ3) is 2.74. The van der Waals surface area contributed by atoms with E-state index in [2.05, 4.69) is 21.0 Å². The van der Waals surface area contributed by atoms with Gasteiger partial charge in [0.1, 0.15) is 5.69 Å². The molecule has 88 valence electrons. The first-order chi connectivity index (χ1) is 8.06. The topological polar surface area (TPSA) is 55.1 Å². The third-order valence-corrected chi connectivity index (χ3v) is 2.92. The van der Waals surface area contributed by atoms with Gasteiger partial charge >= 0.3 is 5.97 Å². The molecule has 1 aromatic carbocycles. The number of halogens is 1. The van der Waals surface area contributed by atoms with Crippen molar-refractivity contribution in [2.45, 2.75) is 6.42 Å². The highest BCUT2D eigenvalue weighted by Crippen LogP contribution is 2.15. The molecule has 17 heavy (non-hydrogen) atoms. The SMILES string of the molecule is Cn1nc(Cc2cccc(Br)c2)cc1C(=O)O. The fraction of sp³-hybridized carbons (Fsp3) is 0.167. The van der Waals surface area contributed by atoms with Crippen LogP contribution in [0.15, 0.2) is 34.8 Å². The van der Waals surface area contributed by atoms with Gasteiger partial charge in [0.2, 0.25) is 0 Å². The van der Waals surface area contributed by atoms with E-state index in [9.17, 15) is 4.79 Å². The zero-order valence-electron chi connectivity index (χ0n) is 9.22. The summed E-state index contributed by atoms with van der Waals surface area (Å²) in [4.78, 5) is 10.9. The zero-order chi connectivity index (χ0) is 12.4. The monoisotopic (exact) mass is 294 g/mol. The molecule has 0 aliphatic carbocycles. The van der Waals surface area contributed by atoms with Crippen LogP contribution in [0.2, 0.25) is 0 Å². The highest BCUT2D eigenvalue weighted by atomic mass is 79.9. The van der Waals surface area contributed by atoms with E-state index in [1.807, 2.05) is 24.3 Å². The molecule has 1 aromatic heterocycles. The Labute approximate surface area is 107 Å². The fourth-order valence-corrected chi connectivity index (χ4v) is 2.12. The number of hydrogen-bond acceptors (Lipinski definition) is 2. The van der Waals surface area contributed by atoms with Crippen LogP contribution in [0.5, 0.6) is 0 Å². The Kier molecular flexibility index (Phi) is 3.28. The van der Waals surface area contributed by atoms with Crippen molar-refractivity contribution in [1.82, 2.24) is 9.78 Å². The number of carbonyl (C=O) groups is 1. The number of hydrogen-bond donors (Lipinski definition) is 1. The van der Waals surface area contributed by atoms with Gasteiger partial charge in [-0.1, -0.05) is 28.1 Å². The molecule has 0 amide bonds. The van der Waals surface area contributed by atoms with E-state index < -0.39 is 5.97 Å². The largest absolute Gasteiger partial charge is 0.477 e. The van der Waals surface area contributed by atoms with Crippen LogP contribution in [-0.2, 0) is 13.5 Å². The molecule has 0 bridgehead atoms. The molecule has 5 heteroatoms. The van der Waals surface area contributed by atoms with Crippen molar-refractivity contribution in [1.29, 1.82) is 0 Å². The minimum Gasteiger partial charge on any atom is -0.477 e. The van der Waals surface area contributed by atoms with Gasteiger partial charge < -0.3 is 5.11 Å². The van der Waals surface area contributed by atoms with E-state index >= 15 is 0 Å². The van der Waals surface area contributed by atoms with Crippen molar-refractivity contribution in [3.8, 4) is 0 Å². The molecule has 0 radical (unpaired) electrons. The molecule has 0 spiro atoms. The van der Waals surface area contributed by atoms with Crippen LogP contribution in [0.1, 0.15) is 21.7 Å². The Morgan fingerprint density at radius 3 is 2.82 bits per heavy atom. The smallest absolute Gasteiger partial charge is 0.354 e. The molecule has 0 unspecified atom stereocenters. The Hall–Kier alpha value is -1.62. The number of aromatic carboxylic acids is 1. The van der Waals surface area contributed by atoms with Crippen LogP contribution >= 0.6 is 15.9 Å². The Balaban J connectivity index is 2.25. The molecule has 2 aromatic rings. The average Bonchev–Trinajstić information content (AvgIpc) is 2.59. The van der Waals surface area contributed by atoms with Gasteiger partial charge in [0.15, 0.2) is 0 Å². The minimum atomic E-state index is -0.958. The van der Waals surface area contributed by atoms with Gasteiger partial charge in [-0.3, -0.25) is 4.68 Å². The minimum absolute atomic E-state index is 0.204. The molecular weight excluding hydrogens is 284 g/mol. The average molecular weight is 295 g/mol. The van der Waals surface area contributed by atoms with Crippen LogP contribution < -0.4 is 0 Å². The first-order valence-electron chi connectivity index (χ1n) is 5.07. The molecule has 0 saturated heterocycles. The summed E-state index contributed by atoms with van der Waals surface area (Å²) >= 11 is 3.40. The van der Waals surface area contributed by atoms with Crippen molar-refractivity contribution in [2.75, 3.05) is 0 Å². The molecule has 1 heterocycles. The zero-order valence-corrected chi connectivity index (χ0v) is 10.8. The summed E-state index contributed by atoms with van der Waals surface area (Å²) in [5, 5.41) is 13.1. The predicted octanol–water partition coefficient (Wildman–Crippen LogP) is 2.47. The Morgan fingerprint density at radius 1 is 1.47 bits per heavy atom. The molecule has 0 aliphatic rings. The summed E-state index contributed by atoms with van der Waals surface area (Å²) in [6.45, 7) is 0. The first-order valence-corrected chi connectivity index (χ1v) is 5.86. The predicted molar refractivity (Wildman–Crippen MR) is 67.1 cm³/mol. The van der Waals surface area contributed by atoms with Gasteiger partial charge in [-0.25, -0.2) is 4.79 Å². The molecule has 0 saturated carbocycles. The number of aryl methyl sites for hydroxylation is 1. The lowest BCUT2D eigenvalue weighted by molar-refractivity contribution is 0.0685. The number of rotatable bonds is 3. The lowest BCUT2D eigenvalue weighted by Crippen LogP contribution is -2.04. The van der Waals surface area contributed by atoms with Crippen LogP contribution in [0.25, 0.3) is 0 Å². The second kappa shape index (κ2) is 4.71. The molecular formula is C12H11BrN2O2. The van der Waals surface area contributed by atoms with Crippen molar-refractivity contribution in [3.63, 3.8) is 0 Å². The van der Waals surface area contributed by atoms with E-state index in [0.29, 0.717) is 6.42 Å². The highest BCUT2D eigenvalue weighted by molar-refractivity contribution is 9.10. The van der Waals surface area contributed by atoms with Gasteiger partial charge in [-0.15, -0.1) is 0 Å². The van der Waals surface area contributed by atoms with Crippen LogP contribution in [0, 0.1) is 0 Å². The fourth-order valence-electron chi connectivity index (χ4n) is 1.67. The Morgan fingerprint density at radius 2 is 2.24 bits per heavy atom. The van der Waals surface area contributed by atoms with Crippen molar-refractivity contribution in [3.05, 3.63) is 51.8 Å². The summed E-state index contributed by atoms with van der Waals surface area (Å²) in [6.07, 6.45) is 0.626. The maximum Gasteiger partial charge on any atom is 0.354 e. The molecule has 0 atom stereocenters. The maximum absolute atomic E-state index is 10.9. The van der Waals surface area contributed by atoms with Crippen LogP contribution in [-0.4, -0.2) is 20.9 Å². The lowest BCUT2D eigenvalue weighted by Gasteiger charge is -1.98. The third-order valence-electron chi connectivity index (χ3n) is 2.42. The summed E-state index contributed by atoms with van der Waals surface area (Å²) in [5.74, 6) is -0.958. The first kappa shape index (κ1) is 11.9. The van der Waals surface area contributed by atoms with Gasteiger partial charge in [0.05, 0.1) is 5.69 Å². The van der Waals surface area contributed by atoms with Crippen molar-refractivity contribution < 1.29 is 9.90 Å². The molecule has 0 fully saturated rings. The lowest BCUT2D eigenvalue weighted by atomic mass is 10.1. The standard InChI is InChI=1S/C12H11BrN2O2/c1-15-11(12(16)17)7-10(14-15)6-8-3-2-4-9(13)5-8/h2-5,7H,6H2,1H3,(H,16,17). The van der Waals surface area contributed by atoms with Crippen molar-refractivity contribution >= 4 is 21.9 Å². The Bertz CT molecular complexity index is 563. The highest BCUT2D eigenvalue weighted by Gasteiger charge is 2.11. The second-order valence-corrected chi connectivity index (χ2v) is 4.67. The number of carboxylic acids is 1. The van der Waals surface area contributed by atoms with Gasteiger partial charge in [-0.2, -0.15) is 5.10 Å². The summed E-state index contributed by atoms with van der Waals surface area (Å²) < 4.78 is 2.39. The van der Waals surface area contributed by atoms with E-state index in [-0.39, 0.29) is 5.69 Å². The van der Waals surface area contributed by atoms with E-state index in [1.165, 1.54) is 4.68 Å². The number of nitrogens with zero attached hydrogens (tertiary/aromatic N) is 2. The summed E-state index contributed by atoms with van der Waals surface area (Å²) in [5.41, 5.74) is 2.05. The molecule has 2 rings (SSSR count). The van der Waals surface area contributed by atoms with Gasteiger partial charge in [-0.05, 0) is 23.8 Å². The van der Waals surface area contributed by atoms with Crippen molar-refractivity contribution in [2.24, 2.45) is 7.05 Å². The van der Waals surface area contributed by atoms with Crippen LogP contribution in [0.3, 0.4) is 0 Å². The molecule has 1 N–H and O–H groups in total. The van der Waals surface area contributed by atoms with E-state index in [0.717, 1.165) is 15.7 Å². The molecule has 0 aliphatic heterocycles. The number of aromatic nitrogens is 2. The summed E-state index contributed by atoms with van der Waals surface area (Å²) in [7, 11) is 1.63.